The van der Waals surface area contributed by atoms with Crippen LogP contribution in [0.25, 0.3) is 0 Å². The Hall–Kier alpha value is -1.80. The van der Waals surface area contributed by atoms with Crippen LogP contribution in [-0.2, 0) is 17.5 Å². The zero-order chi connectivity index (χ0) is 16.2. The van der Waals surface area contributed by atoms with Gasteiger partial charge in [-0.15, -0.1) is 0 Å². The van der Waals surface area contributed by atoms with Crippen LogP contribution in [0.15, 0.2) is 12.1 Å². The van der Waals surface area contributed by atoms with E-state index in [1.165, 1.54) is 6.07 Å². The summed E-state index contributed by atoms with van der Waals surface area (Å²) in [5.74, 6) is -1.87. The van der Waals surface area contributed by atoms with Crippen molar-refractivity contribution in [2.45, 2.75) is 19.1 Å². The van der Waals surface area contributed by atoms with Gasteiger partial charge in [-0.05, 0) is 11.6 Å². The van der Waals surface area contributed by atoms with Gasteiger partial charge in [0, 0.05) is 13.0 Å². The van der Waals surface area contributed by atoms with Crippen LogP contribution in [-0.4, -0.2) is 23.5 Å². The molecule has 0 atom stereocenters. The van der Waals surface area contributed by atoms with Crippen molar-refractivity contribution in [3.8, 4) is 0 Å². The molecule has 2 amide bonds. The van der Waals surface area contributed by atoms with Gasteiger partial charge in [-0.1, -0.05) is 17.7 Å². The molecule has 0 aromatic heterocycles. The van der Waals surface area contributed by atoms with Crippen molar-refractivity contribution in [1.29, 1.82) is 0 Å². The van der Waals surface area contributed by atoms with E-state index in [2.05, 4.69) is 5.32 Å². The molecule has 0 aliphatic heterocycles. The van der Waals surface area contributed by atoms with Gasteiger partial charge in [0.1, 0.15) is 0 Å². The monoisotopic (exact) mass is 324 g/mol. The molecule has 0 heterocycles. The lowest BCUT2D eigenvalue weighted by Crippen LogP contribution is -2.27. The first-order valence-electron chi connectivity index (χ1n) is 5.74. The van der Waals surface area contributed by atoms with Crippen molar-refractivity contribution in [2.24, 2.45) is 5.73 Å². The number of hydrogen-bond acceptors (Lipinski definition) is 3. The van der Waals surface area contributed by atoms with Gasteiger partial charge in [-0.25, -0.2) is 0 Å². The Morgan fingerprint density at radius 2 is 1.95 bits per heavy atom. The molecular weight excluding hydrogens is 313 g/mol. The average molecular weight is 325 g/mol. The van der Waals surface area contributed by atoms with Gasteiger partial charge >= 0.3 is 6.18 Å². The minimum atomic E-state index is -4.85. The molecule has 21 heavy (non-hydrogen) atoms. The van der Waals surface area contributed by atoms with E-state index < -0.39 is 40.7 Å². The molecule has 0 aliphatic carbocycles. The van der Waals surface area contributed by atoms with Gasteiger partial charge in [-0.2, -0.15) is 13.2 Å². The van der Waals surface area contributed by atoms with Gasteiger partial charge in [0.25, 0.3) is 0 Å². The summed E-state index contributed by atoms with van der Waals surface area (Å²) in [5, 5.41) is 10.2. The summed E-state index contributed by atoms with van der Waals surface area (Å²) >= 11 is 5.49. The molecule has 0 fully saturated rings. The van der Waals surface area contributed by atoms with Crippen molar-refractivity contribution < 1.29 is 27.9 Å². The molecule has 4 N–H and O–H groups in total. The van der Waals surface area contributed by atoms with Gasteiger partial charge in [0.2, 0.25) is 11.8 Å². The topological polar surface area (TPSA) is 92.4 Å². The summed E-state index contributed by atoms with van der Waals surface area (Å²) in [7, 11) is 0. The van der Waals surface area contributed by atoms with Crippen molar-refractivity contribution in [2.75, 3.05) is 6.61 Å². The van der Waals surface area contributed by atoms with Crippen LogP contribution in [0, 0.1) is 0 Å². The predicted octanol–water partition coefficient (Wildman–Crippen LogP) is 1.46. The van der Waals surface area contributed by atoms with Crippen molar-refractivity contribution >= 4 is 23.4 Å². The number of primary amides is 1. The van der Waals surface area contributed by atoms with Crippen LogP contribution >= 0.6 is 11.6 Å². The number of amides is 2. The smallest absolute Gasteiger partial charge is 0.396 e. The number of halogens is 4. The summed E-state index contributed by atoms with van der Waals surface area (Å²) in [6, 6.07) is 2.15. The fourth-order valence-corrected chi connectivity index (χ4v) is 1.97. The molecule has 1 rings (SSSR count). The Balaban J connectivity index is 3.22. The van der Waals surface area contributed by atoms with E-state index in [0.717, 1.165) is 6.07 Å². The zero-order valence-corrected chi connectivity index (χ0v) is 11.4. The molecule has 0 radical (unpaired) electrons. The van der Waals surface area contributed by atoms with Gasteiger partial charge in [-0.3, -0.25) is 9.59 Å². The predicted molar refractivity (Wildman–Crippen MR) is 68.5 cm³/mol. The standard InChI is InChI=1S/C12H12ClF3N2O3/c13-7-2-1-6(5-18-8(20)3-4-19)9(11(17)21)10(7)12(14,15)16/h1-2,19H,3-5H2,(H2,17,21)(H,18,20). The van der Waals surface area contributed by atoms with Crippen molar-refractivity contribution in [3.63, 3.8) is 0 Å². The number of carbonyl (C=O) groups excluding carboxylic acids is 2. The molecule has 0 aliphatic rings. The second-order valence-corrected chi connectivity index (χ2v) is 4.48. The van der Waals surface area contributed by atoms with E-state index in [4.69, 9.17) is 22.4 Å². The van der Waals surface area contributed by atoms with Crippen LogP contribution < -0.4 is 11.1 Å². The van der Waals surface area contributed by atoms with Crippen LogP contribution in [0.2, 0.25) is 5.02 Å². The molecule has 116 valence electrons. The first-order chi connectivity index (χ1) is 9.68. The van der Waals surface area contributed by atoms with Crippen LogP contribution in [0.5, 0.6) is 0 Å². The normalized spacial score (nSPS) is 11.3. The SMILES string of the molecule is NC(=O)c1c(CNC(=O)CCO)ccc(Cl)c1C(F)(F)F. The molecule has 9 heteroatoms. The highest BCUT2D eigenvalue weighted by Crippen LogP contribution is 2.38. The Morgan fingerprint density at radius 1 is 1.33 bits per heavy atom. The van der Waals surface area contributed by atoms with Crippen LogP contribution in [0.1, 0.15) is 27.9 Å². The first kappa shape index (κ1) is 17.3. The third-order valence-corrected chi connectivity index (χ3v) is 2.90. The van der Waals surface area contributed by atoms with E-state index in [9.17, 15) is 22.8 Å². The summed E-state index contributed by atoms with van der Waals surface area (Å²) in [6.07, 6.45) is -5.06. The van der Waals surface area contributed by atoms with E-state index in [1.54, 1.807) is 0 Å². The van der Waals surface area contributed by atoms with Crippen LogP contribution in [0.4, 0.5) is 13.2 Å². The quantitative estimate of drug-likeness (QED) is 0.765. The van der Waals surface area contributed by atoms with E-state index in [0.29, 0.717) is 0 Å². The molecule has 0 bridgehead atoms. The van der Waals surface area contributed by atoms with Crippen molar-refractivity contribution in [1.82, 2.24) is 5.32 Å². The molecule has 0 spiro atoms. The van der Waals surface area contributed by atoms with Crippen LogP contribution in [0.3, 0.4) is 0 Å². The Morgan fingerprint density at radius 3 is 2.43 bits per heavy atom. The van der Waals surface area contributed by atoms with Gasteiger partial charge < -0.3 is 16.2 Å². The maximum absolute atomic E-state index is 13.0. The molecule has 0 saturated carbocycles. The highest BCUT2D eigenvalue weighted by atomic mass is 35.5. The van der Waals surface area contributed by atoms with Crippen molar-refractivity contribution in [3.05, 3.63) is 33.8 Å². The maximum atomic E-state index is 13.0. The summed E-state index contributed by atoms with van der Waals surface area (Å²) < 4.78 is 38.9. The third-order valence-electron chi connectivity index (χ3n) is 2.59. The number of rotatable bonds is 5. The molecular formula is C12H12ClF3N2O3. The Kier molecular flexibility index (Phi) is 5.56. The zero-order valence-electron chi connectivity index (χ0n) is 10.6. The second kappa shape index (κ2) is 6.77. The number of nitrogens with two attached hydrogens (primary N) is 1. The van der Waals surface area contributed by atoms with E-state index >= 15 is 0 Å². The number of aliphatic hydroxyl groups excluding tert-OH is 1. The van der Waals surface area contributed by atoms with E-state index in [-0.39, 0.29) is 18.5 Å². The van der Waals surface area contributed by atoms with Gasteiger partial charge in [0.15, 0.2) is 0 Å². The Bertz CT molecular complexity index is 561. The fourth-order valence-electron chi connectivity index (χ4n) is 1.71. The van der Waals surface area contributed by atoms with Gasteiger partial charge in [0.05, 0.1) is 22.8 Å². The third kappa shape index (κ3) is 4.33. The summed E-state index contributed by atoms with van der Waals surface area (Å²) in [6.45, 7) is -0.736. The minimum absolute atomic E-state index is 0.106. The molecule has 0 saturated heterocycles. The maximum Gasteiger partial charge on any atom is 0.418 e. The average Bonchev–Trinajstić information content (AvgIpc) is 2.35. The molecule has 0 unspecified atom stereocenters. The molecule has 1 aromatic carbocycles. The lowest BCUT2D eigenvalue weighted by atomic mass is 9.99. The highest BCUT2D eigenvalue weighted by molar-refractivity contribution is 6.32. The number of nitrogens with one attached hydrogen (secondary N) is 1. The number of hydrogen-bond donors (Lipinski definition) is 3. The minimum Gasteiger partial charge on any atom is -0.396 e. The highest BCUT2D eigenvalue weighted by Gasteiger charge is 2.38. The number of carbonyl (C=O) groups is 2. The number of benzene rings is 1. The number of aliphatic hydroxyl groups is 1. The molecule has 5 nitrogen and oxygen atoms in total. The Labute approximate surface area is 122 Å². The fraction of sp³-hybridized carbons (Fsp3) is 0.333. The lowest BCUT2D eigenvalue weighted by molar-refractivity contribution is -0.137. The lowest BCUT2D eigenvalue weighted by Gasteiger charge is -2.16. The van der Waals surface area contributed by atoms with E-state index in [1.807, 2.05) is 0 Å². The second-order valence-electron chi connectivity index (χ2n) is 4.07. The molecule has 1 aromatic rings. The first-order valence-corrected chi connectivity index (χ1v) is 6.12. The largest absolute Gasteiger partial charge is 0.418 e. The number of alkyl halides is 3. The summed E-state index contributed by atoms with van der Waals surface area (Å²) in [4.78, 5) is 22.5. The summed E-state index contributed by atoms with van der Waals surface area (Å²) in [5.41, 5.74) is 2.78.